The molecule has 0 amide bonds. The molecule has 0 aliphatic carbocycles. The minimum absolute atomic E-state index is 0.0475. The molecule has 0 saturated carbocycles. The lowest BCUT2D eigenvalue weighted by Gasteiger charge is -1.87. The highest BCUT2D eigenvalue weighted by molar-refractivity contribution is 5.99. The van der Waals surface area contributed by atoms with Gasteiger partial charge in [-0.3, -0.25) is 0 Å². The highest BCUT2D eigenvalue weighted by atomic mass is 16.4. The lowest BCUT2D eigenvalue weighted by molar-refractivity contribution is 0.0691. The van der Waals surface area contributed by atoms with Gasteiger partial charge >= 0.3 is 5.97 Å². The van der Waals surface area contributed by atoms with Gasteiger partial charge < -0.3 is 10.1 Å². The molecule has 2 N–H and O–H groups in total. The van der Waals surface area contributed by atoms with Crippen molar-refractivity contribution >= 4 is 16.9 Å². The van der Waals surface area contributed by atoms with Crippen LogP contribution >= 0.6 is 0 Å². The molecule has 68 valence electrons. The average molecular weight is 186 g/mol. The number of fused-ring (bicyclic) bond motifs is 1. The summed E-state index contributed by atoms with van der Waals surface area (Å²) in [5.74, 6) is -1.11. The molecule has 1 heterocycles. The Labute approximate surface area is 79.4 Å². The molecule has 0 radical (unpaired) electrons. The van der Waals surface area contributed by atoms with Gasteiger partial charge in [-0.2, -0.15) is 5.26 Å². The standard InChI is InChI=1S/C10H6N2O2/c11-5-7-6-3-1-2-4-8(6)12-9(7)10(13)14/h1-4,12H,(H,13,14). The molecule has 0 unspecified atom stereocenters. The van der Waals surface area contributed by atoms with E-state index in [0.29, 0.717) is 10.9 Å². The second-order valence-corrected chi connectivity index (χ2v) is 2.84. The minimum Gasteiger partial charge on any atom is -0.477 e. The van der Waals surface area contributed by atoms with Crippen molar-refractivity contribution in [1.82, 2.24) is 4.98 Å². The van der Waals surface area contributed by atoms with E-state index in [9.17, 15) is 4.79 Å². The van der Waals surface area contributed by atoms with Crippen molar-refractivity contribution in [2.75, 3.05) is 0 Å². The molecule has 2 aromatic rings. The number of aromatic carboxylic acids is 1. The van der Waals surface area contributed by atoms with Gasteiger partial charge in [0.25, 0.3) is 0 Å². The topological polar surface area (TPSA) is 76.9 Å². The number of hydrogen-bond acceptors (Lipinski definition) is 2. The number of carbonyl (C=O) groups is 1. The van der Waals surface area contributed by atoms with E-state index >= 15 is 0 Å². The quantitative estimate of drug-likeness (QED) is 0.712. The largest absolute Gasteiger partial charge is 0.477 e. The molecule has 0 saturated heterocycles. The lowest BCUT2D eigenvalue weighted by Crippen LogP contribution is -1.98. The summed E-state index contributed by atoms with van der Waals surface area (Å²) in [6, 6.07) is 8.90. The molecular weight excluding hydrogens is 180 g/mol. The van der Waals surface area contributed by atoms with E-state index in [2.05, 4.69) is 4.98 Å². The van der Waals surface area contributed by atoms with Gasteiger partial charge in [0.05, 0.1) is 5.56 Å². The average Bonchev–Trinajstić information content (AvgIpc) is 2.56. The summed E-state index contributed by atoms with van der Waals surface area (Å²) < 4.78 is 0. The zero-order valence-corrected chi connectivity index (χ0v) is 7.11. The normalized spacial score (nSPS) is 9.93. The Hall–Kier alpha value is -2.28. The maximum absolute atomic E-state index is 10.8. The van der Waals surface area contributed by atoms with E-state index < -0.39 is 5.97 Å². The Morgan fingerprint density at radius 3 is 2.79 bits per heavy atom. The number of rotatable bonds is 1. The van der Waals surface area contributed by atoms with E-state index in [1.54, 1.807) is 24.3 Å². The highest BCUT2D eigenvalue weighted by Crippen LogP contribution is 2.21. The number of carboxylic acid groups (broad SMARTS) is 1. The molecule has 4 nitrogen and oxygen atoms in total. The highest BCUT2D eigenvalue weighted by Gasteiger charge is 2.15. The molecular formula is C10H6N2O2. The van der Waals surface area contributed by atoms with Gasteiger partial charge in [0, 0.05) is 10.9 Å². The number of aromatic amines is 1. The van der Waals surface area contributed by atoms with Crippen molar-refractivity contribution in [3.63, 3.8) is 0 Å². The SMILES string of the molecule is N#Cc1c(C(=O)O)[nH]c2ccccc12. The van der Waals surface area contributed by atoms with Gasteiger partial charge in [-0.25, -0.2) is 4.79 Å². The van der Waals surface area contributed by atoms with Crippen LogP contribution in [-0.2, 0) is 0 Å². The molecule has 0 aliphatic rings. The zero-order valence-electron chi connectivity index (χ0n) is 7.11. The number of para-hydroxylation sites is 1. The Morgan fingerprint density at radius 1 is 1.43 bits per heavy atom. The van der Waals surface area contributed by atoms with Crippen LogP contribution in [0.5, 0.6) is 0 Å². The van der Waals surface area contributed by atoms with E-state index in [1.165, 1.54) is 0 Å². The van der Waals surface area contributed by atoms with E-state index in [0.717, 1.165) is 0 Å². The molecule has 0 fully saturated rings. The van der Waals surface area contributed by atoms with Crippen LogP contribution in [0.15, 0.2) is 24.3 Å². The lowest BCUT2D eigenvalue weighted by atomic mass is 10.1. The summed E-state index contributed by atoms with van der Waals surface area (Å²) in [6.45, 7) is 0. The number of aromatic nitrogens is 1. The first-order valence-electron chi connectivity index (χ1n) is 3.98. The number of nitrogens with one attached hydrogen (secondary N) is 1. The van der Waals surface area contributed by atoms with Crippen LogP contribution in [0.1, 0.15) is 16.1 Å². The Balaban J connectivity index is 2.87. The van der Waals surface area contributed by atoms with E-state index in [1.807, 2.05) is 6.07 Å². The van der Waals surface area contributed by atoms with Gasteiger partial charge in [-0.1, -0.05) is 18.2 Å². The molecule has 0 bridgehead atoms. The third-order valence-electron chi connectivity index (χ3n) is 2.03. The van der Waals surface area contributed by atoms with Crippen LogP contribution in [0, 0.1) is 11.3 Å². The third-order valence-corrected chi connectivity index (χ3v) is 2.03. The predicted molar refractivity (Wildman–Crippen MR) is 50.0 cm³/mol. The molecule has 0 spiro atoms. The molecule has 2 rings (SSSR count). The van der Waals surface area contributed by atoms with Crippen molar-refractivity contribution < 1.29 is 9.90 Å². The summed E-state index contributed by atoms with van der Waals surface area (Å²) in [4.78, 5) is 13.5. The van der Waals surface area contributed by atoms with Gasteiger partial charge in [-0.15, -0.1) is 0 Å². The van der Waals surface area contributed by atoms with Gasteiger partial charge in [0.1, 0.15) is 11.8 Å². The Kier molecular flexibility index (Phi) is 1.72. The molecule has 1 aromatic carbocycles. The fraction of sp³-hybridized carbons (Fsp3) is 0. The minimum atomic E-state index is -1.11. The molecule has 0 aliphatic heterocycles. The first-order chi connectivity index (χ1) is 6.74. The maximum Gasteiger partial charge on any atom is 0.353 e. The first-order valence-corrected chi connectivity index (χ1v) is 3.98. The number of hydrogen-bond donors (Lipinski definition) is 2. The summed E-state index contributed by atoms with van der Waals surface area (Å²) in [6.07, 6.45) is 0. The Bertz CT molecular complexity index is 549. The van der Waals surface area contributed by atoms with Crippen molar-refractivity contribution in [1.29, 1.82) is 5.26 Å². The smallest absolute Gasteiger partial charge is 0.353 e. The number of nitrogens with zero attached hydrogens (tertiary/aromatic N) is 1. The van der Waals surface area contributed by atoms with Crippen LogP contribution in [0.25, 0.3) is 10.9 Å². The first kappa shape index (κ1) is 8.32. The zero-order chi connectivity index (χ0) is 10.1. The summed E-state index contributed by atoms with van der Waals surface area (Å²) in [5, 5.41) is 18.3. The third kappa shape index (κ3) is 1.04. The number of nitriles is 1. The summed E-state index contributed by atoms with van der Waals surface area (Å²) in [7, 11) is 0. The van der Waals surface area contributed by atoms with Gasteiger partial charge in [0.2, 0.25) is 0 Å². The fourth-order valence-electron chi connectivity index (χ4n) is 1.42. The van der Waals surface area contributed by atoms with Crippen LogP contribution in [0.4, 0.5) is 0 Å². The molecule has 1 aromatic heterocycles. The summed E-state index contributed by atoms with van der Waals surface area (Å²) >= 11 is 0. The predicted octanol–water partition coefficient (Wildman–Crippen LogP) is 1.74. The monoisotopic (exact) mass is 186 g/mol. The number of benzene rings is 1. The summed E-state index contributed by atoms with van der Waals surface area (Å²) in [5.41, 5.74) is 0.809. The van der Waals surface area contributed by atoms with Crippen molar-refractivity contribution in [3.8, 4) is 6.07 Å². The van der Waals surface area contributed by atoms with Crippen molar-refractivity contribution in [2.45, 2.75) is 0 Å². The van der Waals surface area contributed by atoms with Crippen molar-refractivity contribution in [2.24, 2.45) is 0 Å². The van der Waals surface area contributed by atoms with Crippen LogP contribution < -0.4 is 0 Å². The molecule has 14 heavy (non-hydrogen) atoms. The van der Waals surface area contributed by atoms with Crippen molar-refractivity contribution in [3.05, 3.63) is 35.5 Å². The fourth-order valence-corrected chi connectivity index (χ4v) is 1.42. The molecule has 0 atom stereocenters. The van der Waals surface area contributed by atoms with Crippen LogP contribution in [-0.4, -0.2) is 16.1 Å². The number of H-pyrrole nitrogens is 1. The van der Waals surface area contributed by atoms with E-state index in [4.69, 9.17) is 10.4 Å². The maximum atomic E-state index is 10.8. The van der Waals surface area contributed by atoms with Gasteiger partial charge in [-0.05, 0) is 6.07 Å². The van der Waals surface area contributed by atoms with Gasteiger partial charge in [0.15, 0.2) is 0 Å². The van der Waals surface area contributed by atoms with E-state index in [-0.39, 0.29) is 11.3 Å². The molecule has 4 heteroatoms. The number of carboxylic acids is 1. The Morgan fingerprint density at radius 2 is 2.14 bits per heavy atom. The second-order valence-electron chi connectivity index (χ2n) is 2.84. The van der Waals surface area contributed by atoms with Crippen LogP contribution in [0.3, 0.4) is 0 Å². The second kappa shape index (κ2) is 2.89. The van der Waals surface area contributed by atoms with Crippen LogP contribution in [0.2, 0.25) is 0 Å².